The van der Waals surface area contributed by atoms with Gasteiger partial charge in [-0.1, -0.05) is 12.1 Å². The van der Waals surface area contributed by atoms with Gasteiger partial charge in [0.15, 0.2) is 0 Å². The molecule has 0 saturated heterocycles. The van der Waals surface area contributed by atoms with Gasteiger partial charge in [-0.15, -0.1) is 0 Å². The molecule has 0 aliphatic heterocycles. The van der Waals surface area contributed by atoms with Crippen LogP contribution in [0.2, 0.25) is 0 Å². The van der Waals surface area contributed by atoms with E-state index >= 15 is 0 Å². The van der Waals surface area contributed by atoms with Crippen molar-refractivity contribution in [3.8, 4) is 6.07 Å². The first-order chi connectivity index (χ1) is 9.19. The van der Waals surface area contributed by atoms with Crippen LogP contribution in [0.3, 0.4) is 0 Å². The first kappa shape index (κ1) is 13.1. The Kier molecular flexibility index (Phi) is 4.11. The second kappa shape index (κ2) is 5.98. The molecule has 2 rings (SSSR count). The Labute approximate surface area is 115 Å². The molecular weight excluding hydrogens is 256 g/mol. The lowest BCUT2D eigenvalue weighted by Gasteiger charge is -2.04. The van der Waals surface area contributed by atoms with Crippen molar-refractivity contribution in [2.45, 2.75) is 6.92 Å². The van der Waals surface area contributed by atoms with Crippen LogP contribution in [0.25, 0.3) is 6.08 Å². The van der Waals surface area contributed by atoms with Crippen molar-refractivity contribution in [1.29, 1.82) is 5.26 Å². The highest BCUT2D eigenvalue weighted by molar-refractivity contribution is 7.08. The molecule has 0 atom stereocenters. The molecule has 94 valence electrons. The van der Waals surface area contributed by atoms with Gasteiger partial charge in [-0.25, -0.2) is 0 Å². The third kappa shape index (κ3) is 3.54. The minimum Gasteiger partial charge on any atom is -0.321 e. The van der Waals surface area contributed by atoms with Crippen LogP contribution >= 0.6 is 11.3 Å². The summed E-state index contributed by atoms with van der Waals surface area (Å²) < 4.78 is 0. The Hall–Kier alpha value is -2.38. The number of amides is 1. The van der Waals surface area contributed by atoms with Crippen LogP contribution < -0.4 is 5.32 Å². The summed E-state index contributed by atoms with van der Waals surface area (Å²) in [6.07, 6.45) is 1.58. The average molecular weight is 268 g/mol. The zero-order valence-corrected chi connectivity index (χ0v) is 11.2. The molecule has 19 heavy (non-hydrogen) atoms. The van der Waals surface area contributed by atoms with Crippen molar-refractivity contribution in [2.75, 3.05) is 5.32 Å². The first-order valence-corrected chi connectivity index (χ1v) is 6.65. The van der Waals surface area contributed by atoms with Crippen molar-refractivity contribution in [2.24, 2.45) is 0 Å². The van der Waals surface area contributed by atoms with Gasteiger partial charge < -0.3 is 5.32 Å². The molecule has 0 unspecified atom stereocenters. The number of carbonyl (C=O) groups excluding carboxylic acids is 1. The van der Waals surface area contributed by atoms with E-state index in [0.29, 0.717) is 5.69 Å². The summed E-state index contributed by atoms with van der Waals surface area (Å²) in [4.78, 5) is 12.0. The lowest BCUT2D eigenvalue weighted by molar-refractivity contribution is -0.112. The number of aryl methyl sites for hydroxylation is 1. The molecule has 0 fully saturated rings. The van der Waals surface area contributed by atoms with Crippen LogP contribution in [0.4, 0.5) is 5.69 Å². The number of carbonyl (C=O) groups is 1. The average Bonchev–Trinajstić information content (AvgIpc) is 2.88. The van der Waals surface area contributed by atoms with Crippen molar-refractivity contribution in [1.82, 2.24) is 0 Å². The quantitative estimate of drug-likeness (QED) is 0.683. The molecule has 3 nitrogen and oxygen atoms in total. The van der Waals surface area contributed by atoms with Crippen molar-refractivity contribution in [3.05, 3.63) is 57.8 Å². The number of hydrogen-bond acceptors (Lipinski definition) is 3. The Bertz CT molecular complexity index is 651. The zero-order valence-electron chi connectivity index (χ0n) is 10.4. The van der Waals surface area contributed by atoms with Crippen LogP contribution in [0.1, 0.15) is 11.1 Å². The van der Waals surface area contributed by atoms with Gasteiger partial charge in [0.2, 0.25) is 0 Å². The monoisotopic (exact) mass is 268 g/mol. The molecule has 1 aromatic heterocycles. The smallest absolute Gasteiger partial charge is 0.266 e. The van der Waals surface area contributed by atoms with Crippen molar-refractivity contribution in [3.63, 3.8) is 0 Å². The Morgan fingerprint density at radius 3 is 2.89 bits per heavy atom. The van der Waals surface area contributed by atoms with E-state index in [2.05, 4.69) is 5.32 Å². The number of thiophene rings is 1. The zero-order chi connectivity index (χ0) is 13.7. The second-order valence-corrected chi connectivity index (χ2v) is 4.83. The Morgan fingerprint density at radius 1 is 1.42 bits per heavy atom. The van der Waals surface area contributed by atoms with E-state index in [1.807, 2.05) is 48.0 Å². The van der Waals surface area contributed by atoms with Crippen LogP contribution in [-0.4, -0.2) is 5.91 Å². The molecule has 0 spiro atoms. The van der Waals surface area contributed by atoms with E-state index in [4.69, 9.17) is 5.26 Å². The largest absolute Gasteiger partial charge is 0.321 e. The number of nitrogens with zero attached hydrogens (tertiary/aromatic N) is 1. The number of hydrogen-bond donors (Lipinski definition) is 1. The molecule has 0 aliphatic rings. The molecular formula is C15H12N2OS. The van der Waals surface area contributed by atoms with Crippen LogP contribution in [-0.2, 0) is 4.79 Å². The number of nitriles is 1. The van der Waals surface area contributed by atoms with Gasteiger partial charge in [0, 0.05) is 5.69 Å². The maximum atomic E-state index is 12.0. The van der Waals surface area contributed by atoms with E-state index in [1.165, 1.54) is 11.3 Å². The number of rotatable bonds is 3. The molecule has 0 radical (unpaired) electrons. The molecule has 4 heteroatoms. The molecule has 1 heterocycles. The topological polar surface area (TPSA) is 52.9 Å². The summed E-state index contributed by atoms with van der Waals surface area (Å²) in [5.74, 6) is -0.390. The predicted molar refractivity (Wildman–Crippen MR) is 77.7 cm³/mol. The van der Waals surface area contributed by atoms with E-state index in [9.17, 15) is 4.79 Å². The molecule has 0 aliphatic carbocycles. The highest BCUT2D eigenvalue weighted by Crippen LogP contribution is 2.14. The molecule has 2 aromatic rings. The SMILES string of the molecule is Cc1cccc(NC(=O)/C(C#N)=C\c2ccsc2)c1. The molecule has 1 amide bonds. The Balaban J connectivity index is 2.17. The first-order valence-electron chi connectivity index (χ1n) is 5.71. The van der Waals surface area contributed by atoms with E-state index < -0.39 is 0 Å². The van der Waals surface area contributed by atoms with Crippen molar-refractivity contribution < 1.29 is 4.79 Å². The fourth-order valence-corrected chi connectivity index (χ4v) is 2.21. The molecule has 1 aromatic carbocycles. The highest BCUT2D eigenvalue weighted by Gasteiger charge is 2.09. The summed E-state index contributed by atoms with van der Waals surface area (Å²) in [6, 6.07) is 11.3. The minimum atomic E-state index is -0.390. The van der Waals surface area contributed by atoms with Gasteiger partial charge in [-0.3, -0.25) is 4.79 Å². The maximum absolute atomic E-state index is 12.0. The maximum Gasteiger partial charge on any atom is 0.266 e. The van der Waals surface area contributed by atoms with Gasteiger partial charge in [0.05, 0.1) is 0 Å². The number of benzene rings is 1. The van der Waals surface area contributed by atoms with Crippen LogP contribution in [0.15, 0.2) is 46.7 Å². The van der Waals surface area contributed by atoms with Gasteiger partial charge in [0.1, 0.15) is 11.6 Å². The second-order valence-electron chi connectivity index (χ2n) is 4.05. The van der Waals surface area contributed by atoms with Crippen LogP contribution in [0.5, 0.6) is 0 Å². The minimum absolute atomic E-state index is 0.0971. The third-order valence-corrected chi connectivity index (χ3v) is 3.20. The van der Waals surface area contributed by atoms with Gasteiger partial charge >= 0.3 is 0 Å². The highest BCUT2D eigenvalue weighted by atomic mass is 32.1. The van der Waals surface area contributed by atoms with Crippen LogP contribution in [0, 0.1) is 18.3 Å². The van der Waals surface area contributed by atoms with Crippen molar-refractivity contribution >= 4 is 29.0 Å². The van der Waals surface area contributed by atoms with E-state index in [-0.39, 0.29) is 11.5 Å². The standard InChI is InChI=1S/C15H12N2OS/c1-11-3-2-4-14(7-11)17-15(18)13(9-16)8-12-5-6-19-10-12/h2-8,10H,1H3,(H,17,18)/b13-8-. The Morgan fingerprint density at radius 2 is 2.26 bits per heavy atom. The number of anilines is 1. The molecule has 1 N–H and O–H groups in total. The summed E-state index contributed by atoms with van der Waals surface area (Å²) in [6.45, 7) is 1.95. The fraction of sp³-hybridized carbons (Fsp3) is 0.0667. The summed E-state index contributed by atoms with van der Waals surface area (Å²) >= 11 is 1.52. The number of nitrogens with one attached hydrogen (secondary N) is 1. The molecule has 0 bridgehead atoms. The van der Waals surface area contributed by atoms with E-state index in [1.54, 1.807) is 12.1 Å². The fourth-order valence-electron chi connectivity index (χ4n) is 1.59. The van der Waals surface area contributed by atoms with Gasteiger partial charge in [0.25, 0.3) is 5.91 Å². The summed E-state index contributed by atoms with van der Waals surface area (Å²) in [7, 11) is 0. The lowest BCUT2D eigenvalue weighted by atomic mass is 10.1. The normalized spacial score (nSPS) is 10.8. The predicted octanol–water partition coefficient (Wildman–Crippen LogP) is 3.60. The lowest BCUT2D eigenvalue weighted by Crippen LogP contribution is -2.13. The van der Waals surface area contributed by atoms with E-state index in [0.717, 1.165) is 11.1 Å². The third-order valence-electron chi connectivity index (χ3n) is 2.50. The summed E-state index contributed by atoms with van der Waals surface area (Å²) in [5.41, 5.74) is 2.70. The van der Waals surface area contributed by atoms with Gasteiger partial charge in [-0.2, -0.15) is 16.6 Å². The molecule has 0 saturated carbocycles. The summed E-state index contributed by atoms with van der Waals surface area (Å²) in [5, 5.41) is 15.6. The van der Waals surface area contributed by atoms with Gasteiger partial charge in [-0.05, 0) is 53.1 Å².